The van der Waals surface area contributed by atoms with E-state index in [2.05, 4.69) is 20.5 Å². The van der Waals surface area contributed by atoms with Crippen LogP contribution in [0.3, 0.4) is 0 Å². The molecule has 0 spiro atoms. The van der Waals surface area contributed by atoms with Crippen molar-refractivity contribution in [3.8, 4) is 17.3 Å². The van der Waals surface area contributed by atoms with Gasteiger partial charge in [0.2, 0.25) is 5.88 Å². The van der Waals surface area contributed by atoms with Crippen LogP contribution in [0, 0.1) is 6.92 Å². The van der Waals surface area contributed by atoms with Gasteiger partial charge in [-0.05, 0) is 57.5 Å². The van der Waals surface area contributed by atoms with Gasteiger partial charge in [0.1, 0.15) is 23.3 Å². The maximum Gasteiger partial charge on any atom is 0.573 e. The molecule has 1 aliphatic heterocycles. The number of rotatable bonds is 9. The van der Waals surface area contributed by atoms with E-state index in [9.17, 15) is 22.8 Å². The Labute approximate surface area is 259 Å². The standard InChI is InChI=1S/C31H38F3N5O6/c1-20-26(36-28(40)35-18-22-17-21(19-42-5)11-12-25(22)44-31(32,33)34)39(23-9-7-6-8-10-23)37-27(20)43-24-13-15-38(16-14-24)29(41)45-30(2,3)4/h6-12,17,24H,13-16,18-19H2,1-5H3,(H2,35,36,40). The van der Waals surface area contributed by atoms with Crippen molar-refractivity contribution in [1.82, 2.24) is 20.0 Å². The lowest BCUT2D eigenvalue weighted by molar-refractivity contribution is -0.274. The van der Waals surface area contributed by atoms with Crippen molar-refractivity contribution in [2.75, 3.05) is 25.5 Å². The number of para-hydroxylation sites is 1. The van der Waals surface area contributed by atoms with Crippen LogP contribution < -0.4 is 20.1 Å². The highest BCUT2D eigenvalue weighted by atomic mass is 19.4. The first-order valence-corrected chi connectivity index (χ1v) is 14.4. The van der Waals surface area contributed by atoms with Crippen LogP contribution in [0.1, 0.15) is 50.3 Å². The third kappa shape index (κ3) is 9.51. The summed E-state index contributed by atoms with van der Waals surface area (Å²) in [5.41, 5.74) is 1.34. The van der Waals surface area contributed by atoms with E-state index in [0.29, 0.717) is 54.4 Å². The number of hydrogen-bond donors (Lipinski definition) is 2. The monoisotopic (exact) mass is 633 g/mol. The minimum absolute atomic E-state index is 0.118. The van der Waals surface area contributed by atoms with Crippen LogP contribution in [0.4, 0.5) is 28.6 Å². The van der Waals surface area contributed by atoms with Gasteiger partial charge in [0.25, 0.3) is 0 Å². The first-order chi connectivity index (χ1) is 21.2. The number of halogens is 3. The van der Waals surface area contributed by atoms with Gasteiger partial charge < -0.3 is 29.2 Å². The number of urea groups is 1. The number of hydrogen-bond acceptors (Lipinski definition) is 7. The Kier molecular flexibility index (Phi) is 10.5. The molecule has 1 saturated heterocycles. The molecule has 3 amide bonds. The number of nitrogens with one attached hydrogen (secondary N) is 2. The van der Waals surface area contributed by atoms with Crippen LogP contribution in [0.5, 0.6) is 11.6 Å². The fourth-order valence-electron chi connectivity index (χ4n) is 4.71. The van der Waals surface area contributed by atoms with Crippen LogP contribution >= 0.6 is 0 Å². The Morgan fingerprint density at radius 1 is 1.04 bits per heavy atom. The lowest BCUT2D eigenvalue weighted by Gasteiger charge is -2.33. The molecule has 1 aromatic heterocycles. The van der Waals surface area contributed by atoms with Gasteiger partial charge in [0.15, 0.2) is 0 Å². The molecule has 2 heterocycles. The minimum Gasteiger partial charge on any atom is -0.473 e. The smallest absolute Gasteiger partial charge is 0.473 e. The van der Waals surface area contributed by atoms with Crippen LogP contribution in [0.2, 0.25) is 0 Å². The molecule has 0 bridgehead atoms. The number of anilines is 1. The zero-order valence-electron chi connectivity index (χ0n) is 25.9. The molecule has 1 fully saturated rings. The number of amides is 3. The summed E-state index contributed by atoms with van der Waals surface area (Å²) < 4.78 is 61.5. The van der Waals surface area contributed by atoms with Crippen LogP contribution in [0.15, 0.2) is 48.5 Å². The summed E-state index contributed by atoms with van der Waals surface area (Å²) in [4.78, 5) is 27.2. The van der Waals surface area contributed by atoms with E-state index in [4.69, 9.17) is 14.2 Å². The lowest BCUT2D eigenvalue weighted by Crippen LogP contribution is -2.44. The summed E-state index contributed by atoms with van der Waals surface area (Å²) in [6.45, 7) is 8.03. The average molecular weight is 634 g/mol. The summed E-state index contributed by atoms with van der Waals surface area (Å²) >= 11 is 0. The first-order valence-electron chi connectivity index (χ1n) is 14.4. The number of carbonyl (C=O) groups excluding carboxylic acids is 2. The molecule has 0 saturated carbocycles. The third-order valence-electron chi connectivity index (χ3n) is 6.78. The average Bonchev–Trinajstić information content (AvgIpc) is 3.26. The zero-order chi connectivity index (χ0) is 32.8. The van der Waals surface area contributed by atoms with Crippen LogP contribution in [-0.4, -0.2) is 65.1 Å². The Morgan fingerprint density at radius 3 is 2.36 bits per heavy atom. The topological polar surface area (TPSA) is 116 Å². The summed E-state index contributed by atoms with van der Waals surface area (Å²) in [6.07, 6.45) is -4.38. The summed E-state index contributed by atoms with van der Waals surface area (Å²) in [5, 5.41) is 9.99. The van der Waals surface area contributed by atoms with E-state index in [1.54, 1.807) is 24.0 Å². The molecule has 0 atom stereocenters. The van der Waals surface area contributed by atoms with E-state index < -0.39 is 23.7 Å². The molecule has 14 heteroatoms. The molecular weight excluding hydrogens is 595 g/mol. The number of alkyl halides is 3. The SMILES string of the molecule is COCc1ccc(OC(F)(F)F)c(CNC(=O)Nc2c(C)c(OC3CCN(C(=O)OC(C)(C)C)CC3)nn2-c2ccccc2)c1. The highest BCUT2D eigenvalue weighted by Gasteiger charge is 2.32. The Balaban J connectivity index is 1.48. The second-order valence-electron chi connectivity index (χ2n) is 11.5. The van der Waals surface area contributed by atoms with Gasteiger partial charge in [-0.3, -0.25) is 5.32 Å². The normalized spacial score (nSPS) is 14.2. The van der Waals surface area contributed by atoms with E-state index in [0.717, 1.165) is 0 Å². The lowest BCUT2D eigenvalue weighted by atomic mass is 10.1. The maximum atomic E-state index is 13.1. The zero-order valence-corrected chi connectivity index (χ0v) is 25.9. The van der Waals surface area contributed by atoms with Crippen molar-refractivity contribution in [2.24, 2.45) is 0 Å². The van der Waals surface area contributed by atoms with Gasteiger partial charge in [-0.25, -0.2) is 14.3 Å². The van der Waals surface area contributed by atoms with Crippen molar-refractivity contribution in [3.05, 3.63) is 65.2 Å². The maximum absolute atomic E-state index is 13.1. The number of nitrogens with zero attached hydrogens (tertiary/aromatic N) is 3. The number of likely N-dealkylation sites (tertiary alicyclic amines) is 1. The Bertz CT molecular complexity index is 1460. The quantitative estimate of drug-likeness (QED) is 0.283. The predicted octanol–water partition coefficient (Wildman–Crippen LogP) is 6.33. The van der Waals surface area contributed by atoms with Gasteiger partial charge in [0.05, 0.1) is 17.9 Å². The van der Waals surface area contributed by atoms with E-state index in [-0.39, 0.29) is 30.9 Å². The van der Waals surface area contributed by atoms with Crippen LogP contribution in [-0.2, 0) is 22.6 Å². The van der Waals surface area contributed by atoms with Gasteiger partial charge in [0, 0.05) is 45.1 Å². The molecule has 0 aliphatic carbocycles. The summed E-state index contributed by atoms with van der Waals surface area (Å²) in [7, 11) is 1.47. The van der Waals surface area contributed by atoms with Gasteiger partial charge in [-0.2, -0.15) is 0 Å². The van der Waals surface area contributed by atoms with E-state index in [1.807, 2.05) is 39.0 Å². The second-order valence-corrected chi connectivity index (χ2v) is 11.5. The number of aromatic nitrogens is 2. The van der Waals surface area contributed by atoms with Crippen molar-refractivity contribution >= 4 is 17.9 Å². The van der Waals surface area contributed by atoms with Crippen molar-refractivity contribution in [1.29, 1.82) is 0 Å². The summed E-state index contributed by atoms with van der Waals surface area (Å²) in [6, 6.07) is 12.5. The molecular formula is C31H38F3N5O6. The number of carbonyl (C=O) groups is 2. The molecule has 45 heavy (non-hydrogen) atoms. The molecule has 0 unspecified atom stereocenters. The molecule has 11 nitrogen and oxygen atoms in total. The van der Waals surface area contributed by atoms with Gasteiger partial charge >= 0.3 is 18.5 Å². The van der Waals surface area contributed by atoms with Crippen molar-refractivity contribution < 1.29 is 41.7 Å². The minimum atomic E-state index is -4.90. The Morgan fingerprint density at radius 2 is 1.73 bits per heavy atom. The fourth-order valence-corrected chi connectivity index (χ4v) is 4.71. The Hall–Kier alpha value is -4.46. The van der Waals surface area contributed by atoms with Crippen molar-refractivity contribution in [2.45, 2.75) is 71.8 Å². The number of ether oxygens (including phenoxy) is 4. The van der Waals surface area contributed by atoms with Crippen LogP contribution in [0.25, 0.3) is 5.69 Å². The molecule has 3 aromatic rings. The predicted molar refractivity (Wildman–Crippen MR) is 159 cm³/mol. The second kappa shape index (κ2) is 14.1. The highest BCUT2D eigenvalue weighted by molar-refractivity contribution is 5.89. The molecule has 244 valence electrons. The first kappa shape index (κ1) is 33.4. The number of methoxy groups -OCH3 is 1. The molecule has 4 rings (SSSR count). The van der Waals surface area contributed by atoms with Gasteiger partial charge in [-0.1, -0.05) is 24.3 Å². The highest BCUT2D eigenvalue weighted by Crippen LogP contribution is 2.31. The number of piperidine rings is 1. The third-order valence-corrected chi connectivity index (χ3v) is 6.78. The molecule has 0 radical (unpaired) electrons. The van der Waals surface area contributed by atoms with E-state index >= 15 is 0 Å². The van der Waals surface area contributed by atoms with Crippen molar-refractivity contribution in [3.63, 3.8) is 0 Å². The molecule has 2 N–H and O–H groups in total. The molecule has 1 aliphatic rings. The fraction of sp³-hybridized carbons (Fsp3) is 0.452. The van der Waals surface area contributed by atoms with Gasteiger partial charge in [-0.15, -0.1) is 18.3 Å². The summed E-state index contributed by atoms with van der Waals surface area (Å²) in [5.74, 6) is 0.194. The largest absolute Gasteiger partial charge is 0.573 e. The van der Waals surface area contributed by atoms with E-state index in [1.165, 1.54) is 30.0 Å². The number of benzene rings is 2. The molecule has 2 aromatic carbocycles.